The van der Waals surface area contributed by atoms with E-state index in [4.69, 9.17) is 0 Å². The van der Waals surface area contributed by atoms with Crippen molar-refractivity contribution in [3.05, 3.63) is 48.0 Å². The maximum absolute atomic E-state index is 12.5. The lowest BCUT2D eigenvalue weighted by molar-refractivity contribution is -0.137. The smallest absolute Gasteiger partial charge is 0.387 e. The average Bonchev–Trinajstić information content (AvgIpc) is 2.80. The summed E-state index contributed by atoms with van der Waals surface area (Å²) in [5.74, 6) is -0.192. The number of halogens is 2. The quantitative estimate of drug-likeness (QED) is 0.326. The maximum Gasteiger partial charge on any atom is 0.387 e. The van der Waals surface area contributed by atoms with Gasteiger partial charge in [0, 0.05) is 11.7 Å². The molecule has 1 aliphatic carbocycles. The van der Waals surface area contributed by atoms with Gasteiger partial charge in [0.05, 0.1) is 17.8 Å². The van der Waals surface area contributed by atoms with Gasteiger partial charge >= 0.3 is 12.6 Å². The van der Waals surface area contributed by atoms with Crippen molar-refractivity contribution in [3.8, 4) is 5.75 Å². The van der Waals surface area contributed by atoms with E-state index < -0.39 is 12.6 Å². The van der Waals surface area contributed by atoms with Crippen LogP contribution in [-0.2, 0) is 4.79 Å². The highest BCUT2D eigenvalue weighted by atomic mass is 19.3. The van der Waals surface area contributed by atoms with E-state index in [2.05, 4.69) is 22.3 Å². The summed E-state index contributed by atoms with van der Waals surface area (Å²) in [6.07, 6.45) is 7.06. The Hall–Kier alpha value is -2.83. The summed E-state index contributed by atoms with van der Waals surface area (Å²) in [5, 5.41) is 16.3. The summed E-state index contributed by atoms with van der Waals surface area (Å²) in [7, 11) is 0. The third kappa shape index (κ3) is 7.34. The third-order valence-electron chi connectivity index (χ3n) is 6.53. The number of aliphatic carboxylic acids is 1. The van der Waals surface area contributed by atoms with Crippen LogP contribution in [0, 0.1) is 5.92 Å². The molecule has 0 amide bonds. The molecule has 0 spiro atoms. The standard InChI is InChI=1S/C26H34F2N2O3/c1-3-18(16-25(31)32)20-9-14-23(29-17(2)19-7-5-4-6-8-19)24(15-20)30-21-10-12-22(13-11-21)33-26(27)28/h9-15,17-19,26,29-30H,3-8,16H2,1-2H3,(H,31,32)/t17-,18?/m1/s1. The first-order valence-corrected chi connectivity index (χ1v) is 11.8. The molecule has 0 radical (unpaired) electrons. The van der Waals surface area contributed by atoms with E-state index in [0.717, 1.165) is 29.0 Å². The predicted octanol–water partition coefficient (Wildman–Crippen LogP) is 7.38. The zero-order valence-electron chi connectivity index (χ0n) is 19.3. The number of ether oxygens (including phenoxy) is 1. The summed E-state index contributed by atoms with van der Waals surface area (Å²) < 4.78 is 29.3. The second-order valence-electron chi connectivity index (χ2n) is 8.87. The molecule has 0 saturated heterocycles. The first-order valence-electron chi connectivity index (χ1n) is 11.8. The van der Waals surface area contributed by atoms with Crippen LogP contribution in [0.1, 0.15) is 70.3 Å². The second kappa shape index (κ2) is 11.9. The lowest BCUT2D eigenvalue weighted by Gasteiger charge is -2.30. The lowest BCUT2D eigenvalue weighted by Crippen LogP contribution is -2.28. The number of alkyl halides is 2. The largest absolute Gasteiger partial charge is 0.481 e. The molecular weight excluding hydrogens is 426 g/mol. The van der Waals surface area contributed by atoms with Gasteiger partial charge in [-0.25, -0.2) is 0 Å². The fourth-order valence-electron chi connectivity index (χ4n) is 4.63. The molecule has 0 aliphatic heterocycles. The molecule has 3 N–H and O–H groups in total. The number of hydrogen-bond donors (Lipinski definition) is 3. The fraction of sp³-hybridized carbons (Fsp3) is 0.500. The van der Waals surface area contributed by atoms with Crippen LogP contribution in [0.25, 0.3) is 0 Å². The number of hydrogen-bond acceptors (Lipinski definition) is 4. The molecule has 1 fully saturated rings. The summed E-state index contributed by atoms with van der Waals surface area (Å²) in [6, 6.07) is 12.7. The second-order valence-corrected chi connectivity index (χ2v) is 8.87. The lowest BCUT2D eigenvalue weighted by atomic mass is 9.84. The van der Waals surface area contributed by atoms with Crippen LogP contribution in [0.15, 0.2) is 42.5 Å². The number of anilines is 3. The highest BCUT2D eigenvalue weighted by molar-refractivity contribution is 5.76. The molecule has 2 atom stereocenters. The molecular formula is C26H34F2N2O3. The van der Waals surface area contributed by atoms with Crippen molar-refractivity contribution in [2.45, 2.75) is 77.4 Å². The maximum atomic E-state index is 12.5. The van der Waals surface area contributed by atoms with Crippen LogP contribution in [0.2, 0.25) is 0 Å². The van der Waals surface area contributed by atoms with Gasteiger partial charge in [-0.2, -0.15) is 8.78 Å². The van der Waals surface area contributed by atoms with E-state index in [1.54, 1.807) is 12.1 Å². The average molecular weight is 461 g/mol. The molecule has 1 aliphatic rings. The number of carbonyl (C=O) groups is 1. The monoisotopic (exact) mass is 460 g/mol. The predicted molar refractivity (Wildman–Crippen MR) is 128 cm³/mol. The summed E-state index contributed by atoms with van der Waals surface area (Å²) in [5.41, 5.74) is 3.46. The molecule has 1 unspecified atom stereocenters. The van der Waals surface area contributed by atoms with E-state index in [1.807, 2.05) is 25.1 Å². The van der Waals surface area contributed by atoms with Crippen molar-refractivity contribution in [3.63, 3.8) is 0 Å². The van der Waals surface area contributed by atoms with Crippen LogP contribution in [0.5, 0.6) is 5.75 Å². The van der Waals surface area contributed by atoms with Crippen molar-refractivity contribution in [2.75, 3.05) is 10.6 Å². The number of carboxylic acid groups (broad SMARTS) is 1. The molecule has 1 saturated carbocycles. The Bertz CT molecular complexity index is 899. The van der Waals surface area contributed by atoms with Crippen LogP contribution in [-0.4, -0.2) is 23.7 Å². The van der Waals surface area contributed by atoms with E-state index in [-0.39, 0.29) is 18.1 Å². The Morgan fingerprint density at radius 2 is 1.79 bits per heavy atom. The van der Waals surface area contributed by atoms with Crippen molar-refractivity contribution in [1.82, 2.24) is 0 Å². The van der Waals surface area contributed by atoms with Gasteiger partial charge in [-0.05, 0) is 80.0 Å². The van der Waals surface area contributed by atoms with Gasteiger partial charge in [-0.15, -0.1) is 0 Å². The fourth-order valence-corrected chi connectivity index (χ4v) is 4.63. The van der Waals surface area contributed by atoms with Crippen molar-refractivity contribution >= 4 is 23.0 Å². The van der Waals surface area contributed by atoms with Gasteiger partial charge in [0.2, 0.25) is 0 Å². The van der Waals surface area contributed by atoms with Crippen molar-refractivity contribution in [1.29, 1.82) is 0 Å². The van der Waals surface area contributed by atoms with Gasteiger partial charge in [0.25, 0.3) is 0 Å². The summed E-state index contributed by atoms with van der Waals surface area (Å²) >= 11 is 0. The number of nitrogens with one attached hydrogen (secondary N) is 2. The zero-order chi connectivity index (χ0) is 23.8. The molecule has 3 rings (SSSR count). The highest BCUT2D eigenvalue weighted by Gasteiger charge is 2.22. The SMILES string of the molecule is CCC(CC(=O)O)c1ccc(N[C@H](C)C2CCCCC2)c(Nc2ccc(OC(F)F)cc2)c1. The molecule has 0 aromatic heterocycles. The Morgan fingerprint density at radius 3 is 2.39 bits per heavy atom. The minimum Gasteiger partial charge on any atom is -0.481 e. The number of carboxylic acids is 1. The first kappa shape index (κ1) is 24.8. The Balaban J connectivity index is 1.85. The number of rotatable bonds is 11. The molecule has 33 heavy (non-hydrogen) atoms. The van der Waals surface area contributed by atoms with Crippen LogP contribution < -0.4 is 15.4 Å². The minimum absolute atomic E-state index is 0.0703. The molecule has 180 valence electrons. The van der Waals surface area contributed by atoms with Crippen LogP contribution in [0.4, 0.5) is 25.8 Å². The van der Waals surface area contributed by atoms with E-state index in [0.29, 0.717) is 12.0 Å². The van der Waals surface area contributed by atoms with E-state index in [9.17, 15) is 18.7 Å². The molecule has 7 heteroatoms. The van der Waals surface area contributed by atoms with Gasteiger partial charge in [-0.3, -0.25) is 4.79 Å². The van der Waals surface area contributed by atoms with Crippen LogP contribution in [0.3, 0.4) is 0 Å². The molecule has 0 heterocycles. The molecule has 2 aromatic rings. The summed E-state index contributed by atoms with van der Waals surface area (Å²) in [6.45, 7) is 1.33. The van der Waals surface area contributed by atoms with E-state index >= 15 is 0 Å². The highest BCUT2D eigenvalue weighted by Crippen LogP contribution is 2.35. The molecule has 2 aromatic carbocycles. The normalized spacial score (nSPS) is 16.3. The minimum atomic E-state index is -2.86. The molecule has 5 nitrogen and oxygen atoms in total. The summed E-state index contributed by atoms with van der Waals surface area (Å²) in [4.78, 5) is 11.3. The Kier molecular flexibility index (Phi) is 8.92. The first-order chi connectivity index (χ1) is 15.9. The number of benzene rings is 2. The Morgan fingerprint density at radius 1 is 1.09 bits per heavy atom. The van der Waals surface area contributed by atoms with Crippen molar-refractivity contribution in [2.24, 2.45) is 5.92 Å². The zero-order valence-corrected chi connectivity index (χ0v) is 19.3. The van der Waals surface area contributed by atoms with Gasteiger partial charge in [0.15, 0.2) is 0 Å². The van der Waals surface area contributed by atoms with Gasteiger partial charge in [0.1, 0.15) is 5.75 Å². The van der Waals surface area contributed by atoms with Gasteiger partial charge < -0.3 is 20.5 Å². The van der Waals surface area contributed by atoms with Gasteiger partial charge in [-0.1, -0.05) is 32.3 Å². The van der Waals surface area contributed by atoms with E-state index in [1.165, 1.54) is 44.2 Å². The Labute approximate surface area is 194 Å². The third-order valence-corrected chi connectivity index (χ3v) is 6.53. The topological polar surface area (TPSA) is 70.6 Å². The van der Waals surface area contributed by atoms with Crippen molar-refractivity contribution < 1.29 is 23.4 Å². The molecule has 0 bridgehead atoms. The van der Waals surface area contributed by atoms with Crippen LogP contribution >= 0.6 is 0 Å².